The second-order valence-corrected chi connectivity index (χ2v) is 5.11. The van der Waals surface area contributed by atoms with Gasteiger partial charge in [-0.25, -0.2) is 9.07 Å². The van der Waals surface area contributed by atoms with Crippen molar-refractivity contribution in [1.29, 1.82) is 0 Å². The lowest BCUT2D eigenvalue weighted by Gasteiger charge is -2.05. The summed E-state index contributed by atoms with van der Waals surface area (Å²) in [6, 6.07) is 7.98. The Morgan fingerprint density at radius 1 is 1.26 bits per heavy atom. The maximum Gasteiger partial charge on any atom is 0.123 e. The predicted octanol–water partition coefficient (Wildman–Crippen LogP) is 1.60. The van der Waals surface area contributed by atoms with E-state index >= 15 is 0 Å². The average molecular weight is 282 g/mol. The standard InChI is InChI=1S/C13H15FN2O2S/c14-10-1-3-12(4-2-10)16-6-5-11(15-16)8-19-9-13(18)7-17/h1-6,13,17-18H,7-9H2. The number of aliphatic hydroxyl groups excluding tert-OH is 2. The molecule has 4 nitrogen and oxygen atoms in total. The predicted molar refractivity (Wildman–Crippen MR) is 72.8 cm³/mol. The van der Waals surface area contributed by atoms with Crippen molar-refractivity contribution < 1.29 is 14.6 Å². The Hall–Kier alpha value is -1.37. The molecule has 2 aromatic rings. The van der Waals surface area contributed by atoms with Crippen LogP contribution in [-0.4, -0.2) is 38.5 Å². The zero-order valence-electron chi connectivity index (χ0n) is 10.2. The number of halogens is 1. The number of hydrogen-bond donors (Lipinski definition) is 2. The van der Waals surface area contributed by atoms with Crippen molar-refractivity contribution in [2.24, 2.45) is 0 Å². The molecule has 0 spiro atoms. The summed E-state index contributed by atoms with van der Waals surface area (Å²) in [6.45, 7) is -0.225. The quantitative estimate of drug-likeness (QED) is 0.845. The minimum absolute atomic E-state index is 0.225. The Morgan fingerprint density at radius 2 is 2.00 bits per heavy atom. The van der Waals surface area contributed by atoms with Crippen LogP contribution in [-0.2, 0) is 5.75 Å². The van der Waals surface area contributed by atoms with E-state index in [4.69, 9.17) is 5.11 Å². The number of aromatic nitrogens is 2. The molecule has 1 unspecified atom stereocenters. The first kappa shape index (κ1) is 14.0. The maximum atomic E-state index is 12.8. The van der Waals surface area contributed by atoms with E-state index in [-0.39, 0.29) is 12.4 Å². The normalized spacial score (nSPS) is 12.6. The van der Waals surface area contributed by atoms with Gasteiger partial charge in [0.15, 0.2) is 0 Å². The zero-order valence-corrected chi connectivity index (χ0v) is 11.1. The average Bonchev–Trinajstić information content (AvgIpc) is 2.88. The molecular weight excluding hydrogens is 267 g/mol. The van der Waals surface area contributed by atoms with Gasteiger partial charge in [-0.3, -0.25) is 0 Å². The molecule has 0 bridgehead atoms. The van der Waals surface area contributed by atoms with Gasteiger partial charge in [0.05, 0.1) is 24.1 Å². The van der Waals surface area contributed by atoms with Crippen molar-refractivity contribution in [2.75, 3.05) is 12.4 Å². The number of thioether (sulfide) groups is 1. The molecule has 1 aromatic heterocycles. The molecule has 0 radical (unpaired) electrons. The summed E-state index contributed by atoms with van der Waals surface area (Å²) in [5.74, 6) is 0.857. The Bertz CT molecular complexity index is 516. The third-order valence-corrected chi connectivity index (χ3v) is 3.63. The Kier molecular flexibility index (Phi) is 4.95. The highest BCUT2D eigenvalue weighted by Crippen LogP contribution is 2.14. The maximum absolute atomic E-state index is 12.8. The molecule has 2 rings (SSSR count). The van der Waals surface area contributed by atoms with Crippen molar-refractivity contribution in [3.8, 4) is 5.69 Å². The summed E-state index contributed by atoms with van der Waals surface area (Å²) in [6.07, 6.45) is 1.12. The summed E-state index contributed by atoms with van der Waals surface area (Å²) >= 11 is 1.50. The highest BCUT2D eigenvalue weighted by molar-refractivity contribution is 7.98. The molecule has 0 aliphatic heterocycles. The van der Waals surface area contributed by atoms with Gasteiger partial charge in [0.1, 0.15) is 5.82 Å². The third kappa shape index (κ3) is 4.05. The fraction of sp³-hybridized carbons (Fsp3) is 0.308. The van der Waals surface area contributed by atoms with Gasteiger partial charge in [-0.05, 0) is 30.3 Å². The van der Waals surface area contributed by atoms with E-state index in [1.165, 1.54) is 23.9 Å². The summed E-state index contributed by atoms with van der Waals surface area (Å²) < 4.78 is 14.5. The lowest BCUT2D eigenvalue weighted by Crippen LogP contribution is -2.14. The van der Waals surface area contributed by atoms with Crippen LogP contribution < -0.4 is 0 Å². The van der Waals surface area contributed by atoms with Crippen LogP contribution in [0.3, 0.4) is 0 Å². The van der Waals surface area contributed by atoms with E-state index in [1.54, 1.807) is 16.8 Å². The summed E-state index contributed by atoms with van der Waals surface area (Å²) in [5.41, 5.74) is 1.67. The first-order valence-electron chi connectivity index (χ1n) is 5.86. The summed E-state index contributed by atoms with van der Waals surface area (Å²) in [7, 11) is 0. The molecule has 6 heteroatoms. The molecule has 19 heavy (non-hydrogen) atoms. The minimum atomic E-state index is -0.691. The monoisotopic (exact) mass is 282 g/mol. The largest absolute Gasteiger partial charge is 0.394 e. The van der Waals surface area contributed by atoms with E-state index in [9.17, 15) is 9.50 Å². The first-order valence-corrected chi connectivity index (χ1v) is 7.01. The van der Waals surface area contributed by atoms with Crippen LogP contribution in [0.25, 0.3) is 5.69 Å². The highest BCUT2D eigenvalue weighted by atomic mass is 32.2. The Labute approximate surface area is 114 Å². The summed E-state index contributed by atoms with van der Waals surface area (Å²) in [5, 5.41) is 22.3. The van der Waals surface area contributed by atoms with E-state index in [0.29, 0.717) is 11.5 Å². The Balaban J connectivity index is 1.93. The lowest BCUT2D eigenvalue weighted by atomic mass is 10.3. The van der Waals surface area contributed by atoms with E-state index < -0.39 is 6.10 Å². The van der Waals surface area contributed by atoms with Gasteiger partial charge in [-0.2, -0.15) is 16.9 Å². The van der Waals surface area contributed by atoms with Gasteiger partial charge >= 0.3 is 0 Å². The fourth-order valence-corrected chi connectivity index (χ4v) is 2.39. The molecular formula is C13H15FN2O2S. The zero-order chi connectivity index (χ0) is 13.7. The van der Waals surface area contributed by atoms with Crippen molar-refractivity contribution in [1.82, 2.24) is 9.78 Å². The molecule has 102 valence electrons. The van der Waals surface area contributed by atoms with Gasteiger partial charge in [0.2, 0.25) is 0 Å². The summed E-state index contributed by atoms with van der Waals surface area (Å²) in [4.78, 5) is 0. The van der Waals surface area contributed by atoms with Gasteiger partial charge in [-0.1, -0.05) is 0 Å². The van der Waals surface area contributed by atoms with Crippen molar-refractivity contribution in [2.45, 2.75) is 11.9 Å². The lowest BCUT2D eigenvalue weighted by molar-refractivity contribution is 0.113. The van der Waals surface area contributed by atoms with Gasteiger partial charge < -0.3 is 10.2 Å². The number of nitrogens with zero attached hydrogens (tertiary/aromatic N) is 2. The topological polar surface area (TPSA) is 58.3 Å². The van der Waals surface area contributed by atoms with Gasteiger partial charge in [0.25, 0.3) is 0 Å². The van der Waals surface area contributed by atoms with Crippen molar-refractivity contribution >= 4 is 11.8 Å². The number of benzene rings is 1. The molecule has 0 aliphatic carbocycles. The third-order valence-electron chi connectivity index (χ3n) is 2.51. The van der Waals surface area contributed by atoms with Crippen LogP contribution in [0, 0.1) is 5.82 Å². The molecule has 0 saturated carbocycles. The highest BCUT2D eigenvalue weighted by Gasteiger charge is 2.05. The van der Waals surface area contributed by atoms with Crippen LogP contribution in [0.5, 0.6) is 0 Å². The second kappa shape index (κ2) is 6.70. The second-order valence-electron chi connectivity index (χ2n) is 4.08. The minimum Gasteiger partial charge on any atom is -0.394 e. The van der Waals surface area contributed by atoms with Crippen LogP contribution in [0.1, 0.15) is 5.69 Å². The van der Waals surface area contributed by atoms with Gasteiger partial charge in [0, 0.05) is 17.7 Å². The van der Waals surface area contributed by atoms with Crippen LogP contribution in [0.2, 0.25) is 0 Å². The molecule has 1 heterocycles. The van der Waals surface area contributed by atoms with E-state index in [2.05, 4.69) is 5.10 Å². The molecule has 0 aliphatic rings. The molecule has 0 fully saturated rings. The van der Waals surface area contributed by atoms with Crippen molar-refractivity contribution in [3.63, 3.8) is 0 Å². The number of hydrogen-bond acceptors (Lipinski definition) is 4. The first-order chi connectivity index (χ1) is 9.19. The van der Waals surface area contributed by atoms with E-state index in [0.717, 1.165) is 11.4 Å². The molecule has 0 amide bonds. The SMILES string of the molecule is OCC(O)CSCc1ccn(-c2ccc(F)cc2)n1. The van der Waals surface area contributed by atoms with Crippen LogP contribution in [0.15, 0.2) is 36.5 Å². The van der Waals surface area contributed by atoms with Crippen molar-refractivity contribution in [3.05, 3.63) is 48.0 Å². The van der Waals surface area contributed by atoms with E-state index in [1.807, 2.05) is 12.3 Å². The van der Waals surface area contributed by atoms with Crippen LogP contribution in [0.4, 0.5) is 4.39 Å². The van der Waals surface area contributed by atoms with Crippen LogP contribution >= 0.6 is 11.8 Å². The van der Waals surface area contributed by atoms with Gasteiger partial charge in [-0.15, -0.1) is 0 Å². The molecule has 0 saturated heterocycles. The fourth-order valence-electron chi connectivity index (χ4n) is 1.53. The Morgan fingerprint density at radius 3 is 2.68 bits per heavy atom. The number of aliphatic hydroxyl groups is 2. The smallest absolute Gasteiger partial charge is 0.123 e. The molecule has 2 N–H and O–H groups in total. The molecule has 1 aromatic carbocycles. The number of rotatable bonds is 6. The molecule has 1 atom stereocenters.